The molecule has 0 atom stereocenters. The molecule has 1 heterocycles. The Bertz CT molecular complexity index is 523. The lowest BCUT2D eigenvalue weighted by Crippen LogP contribution is -2.36. The summed E-state index contributed by atoms with van der Waals surface area (Å²) in [4.78, 5) is 26.1. The Morgan fingerprint density at radius 3 is 2.52 bits per heavy atom. The zero-order chi connectivity index (χ0) is 16.5. The highest BCUT2D eigenvalue weighted by Crippen LogP contribution is 2.18. The molecule has 0 aliphatic carbocycles. The van der Waals surface area contributed by atoms with E-state index in [0.29, 0.717) is 19.4 Å². The second-order valence-corrected chi connectivity index (χ2v) is 6.08. The maximum absolute atomic E-state index is 12.4. The first-order valence-electron chi connectivity index (χ1n) is 8.69. The summed E-state index contributed by atoms with van der Waals surface area (Å²) >= 11 is 0. The van der Waals surface area contributed by atoms with E-state index in [1.54, 1.807) is 0 Å². The maximum Gasteiger partial charge on any atom is 0.305 e. The molecule has 4 nitrogen and oxygen atoms in total. The van der Waals surface area contributed by atoms with Gasteiger partial charge in [0.15, 0.2) is 5.78 Å². The van der Waals surface area contributed by atoms with Gasteiger partial charge in [-0.25, -0.2) is 0 Å². The standard InChI is InChI=1S/C19H27NO3/c1-2-23-19(22)12-5-3-4-11-18(21)17-10-7-6-9-16(17)15-20-13-8-14-20/h6-7,9-10H,2-5,8,11-15H2,1H3. The van der Waals surface area contributed by atoms with Crippen LogP contribution in [-0.4, -0.2) is 36.3 Å². The van der Waals surface area contributed by atoms with Crippen molar-refractivity contribution in [3.05, 3.63) is 35.4 Å². The van der Waals surface area contributed by atoms with E-state index >= 15 is 0 Å². The first-order valence-corrected chi connectivity index (χ1v) is 8.69. The number of Topliss-reactive ketones (excluding diaryl/α,β-unsaturated/α-hetero) is 1. The highest BCUT2D eigenvalue weighted by molar-refractivity contribution is 5.97. The van der Waals surface area contributed by atoms with Crippen molar-refractivity contribution in [3.8, 4) is 0 Å². The van der Waals surface area contributed by atoms with Crippen molar-refractivity contribution in [1.29, 1.82) is 0 Å². The van der Waals surface area contributed by atoms with Crippen LogP contribution in [0.2, 0.25) is 0 Å². The molecule has 0 bridgehead atoms. The van der Waals surface area contributed by atoms with Crippen molar-refractivity contribution in [2.24, 2.45) is 0 Å². The number of carbonyl (C=O) groups excluding carboxylic acids is 2. The number of ether oxygens (including phenoxy) is 1. The number of rotatable bonds is 10. The van der Waals surface area contributed by atoms with Crippen LogP contribution in [0.25, 0.3) is 0 Å². The number of nitrogens with zero attached hydrogens (tertiary/aromatic N) is 1. The van der Waals surface area contributed by atoms with Crippen LogP contribution >= 0.6 is 0 Å². The molecule has 2 rings (SSSR count). The Kier molecular flexibility index (Phi) is 7.27. The first kappa shape index (κ1) is 17.7. The number of carbonyl (C=O) groups is 2. The lowest BCUT2D eigenvalue weighted by atomic mass is 9.98. The fraction of sp³-hybridized carbons (Fsp3) is 0.579. The monoisotopic (exact) mass is 317 g/mol. The van der Waals surface area contributed by atoms with E-state index in [1.807, 2.05) is 25.1 Å². The predicted octanol–water partition coefficient (Wildman–Crippen LogP) is 3.59. The van der Waals surface area contributed by atoms with E-state index in [4.69, 9.17) is 4.74 Å². The molecule has 1 aliphatic rings. The number of likely N-dealkylation sites (tertiary alicyclic amines) is 1. The Morgan fingerprint density at radius 1 is 1.09 bits per heavy atom. The summed E-state index contributed by atoms with van der Waals surface area (Å²) in [6, 6.07) is 7.95. The van der Waals surface area contributed by atoms with Crippen LogP contribution in [0.4, 0.5) is 0 Å². The Hall–Kier alpha value is -1.68. The summed E-state index contributed by atoms with van der Waals surface area (Å²) in [5.41, 5.74) is 2.01. The van der Waals surface area contributed by atoms with Crippen molar-refractivity contribution >= 4 is 11.8 Å². The molecule has 1 fully saturated rings. The summed E-state index contributed by atoms with van der Waals surface area (Å²) < 4.78 is 4.90. The molecular formula is C19H27NO3. The van der Waals surface area contributed by atoms with Gasteiger partial charge in [0.25, 0.3) is 0 Å². The van der Waals surface area contributed by atoms with Crippen LogP contribution < -0.4 is 0 Å². The third kappa shape index (κ3) is 5.79. The molecule has 0 radical (unpaired) electrons. The molecule has 0 unspecified atom stereocenters. The number of ketones is 1. The lowest BCUT2D eigenvalue weighted by Gasteiger charge is -2.31. The summed E-state index contributed by atoms with van der Waals surface area (Å²) in [5.74, 6) is 0.0796. The van der Waals surface area contributed by atoms with Gasteiger partial charge in [0, 0.05) is 24.9 Å². The molecule has 23 heavy (non-hydrogen) atoms. The number of unbranched alkanes of at least 4 members (excludes halogenated alkanes) is 2. The fourth-order valence-electron chi connectivity index (χ4n) is 2.81. The second-order valence-electron chi connectivity index (χ2n) is 6.08. The van der Waals surface area contributed by atoms with E-state index < -0.39 is 0 Å². The zero-order valence-electron chi connectivity index (χ0n) is 14.1. The van der Waals surface area contributed by atoms with Crippen LogP contribution in [0.15, 0.2) is 24.3 Å². The summed E-state index contributed by atoms with van der Waals surface area (Å²) in [6.45, 7) is 5.40. The molecule has 0 aromatic heterocycles. The van der Waals surface area contributed by atoms with E-state index in [1.165, 1.54) is 6.42 Å². The second kappa shape index (κ2) is 9.46. The van der Waals surface area contributed by atoms with Crippen LogP contribution in [0.3, 0.4) is 0 Å². The molecule has 4 heteroatoms. The number of benzene rings is 1. The van der Waals surface area contributed by atoms with E-state index in [-0.39, 0.29) is 11.8 Å². The zero-order valence-corrected chi connectivity index (χ0v) is 14.1. The normalized spacial score (nSPS) is 14.3. The van der Waals surface area contributed by atoms with Gasteiger partial charge >= 0.3 is 5.97 Å². The smallest absolute Gasteiger partial charge is 0.305 e. The molecule has 1 saturated heterocycles. The van der Waals surface area contributed by atoms with Crippen LogP contribution in [0.5, 0.6) is 0 Å². The van der Waals surface area contributed by atoms with Gasteiger partial charge in [-0.3, -0.25) is 14.5 Å². The molecule has 1 aromatic rings. The highest BCUT2D eigenvalue weighted by atomic mass is 16.5. The highest BCUT2D eigenvalue weighted by Gasteiger charge is 2.17. The molecule has 126 valence electrons. The van der Waals surface area contributed by atoms with Gasteiger partial charge in [-0.1, -0.05) is 30.7 Å². The number of esters is 1. The lowest BCUT2D eigenvalue weighted by molar-refractivity contribution is -0.143. The number of hydrogen-bond donors (Lipinski definition) is 0. The third-order valence-electron chi connectivity index (χ3n) is 4.25. The van der Waals surface area contributed by atoms with Crippen LogP contribution in [-0.2, 0) is 16.1 Å². The summed E-state index contributed by atoms with van der Waals surface area (Å²) in [5, 5.41) is 0. The topological polar surface area (TPSA) is 46.6 Å². The summed E-state index contributed by atoms with van der Waals surface area (Å²) in [7, 11) is 0. The number of hydrogen-bond acceptors (Lipinski definition) is 4. The SMILES string of the molecule is CCOC(=O)CCCCCC(=O)c1ccccc1CN1CCC1. The minimum absolute atomic E-state index is 0.140. The van der Waals surface area contributed by atoms with Gasteiger partial charge in [0.05, 0.1) is 6.61 Å². The predicted molar refractivity (Wildman–Crippen MR) is 90.4 cm³/mol. The molecule has 0 spiro atoms. The average molecular weight is 317 g/mol. The molecular weight excluding hydrogens is 290 g/mol. The van der Waals surface area contributed by atoms with E-state index in [9.17, 15) is 9.59 Å². The summed E-state index contributed by atoms with van der Waals surface area (Å²) in [6.07, 6.45) is 4.78. The van der Waals surface area contributed by atoms with Crippen molar-refractivity contribution in [2.75, 3.05) is 19.7 Å². The molecule has 1 aliphatic heterocycles. The van der Waals surface area contributed by atoms with Gasteiger partial charge in [-0.05, 0) is 44.8 Å². The third-order valence-corrected chi connectivity index (χ3v) is 4.25. The van der Waals surface area contributed by atoms with Crippen LogP contribution in [0.1, 0.15) is 61.4 Å². The Labute approximate surface area is 138 Å². The maximum atomic E-state index is 12.4. The van der Waals surface area contributed by atoms with Crippen molar-refractivity contribution in [3.63, 3.8) is 0 Å². The van der Waals surface area contributed by atoms with Crippen molar-refractivity contribution < 1.29 is 14.3 Å². The van der Waals surface area contributed by atoms with Crippen molar-refractivity contribution in [2.45, 2.75) is 52.0 Å². The first-order chi connectivity index (χ1) is 11.2. The average Bonchev–Trinajstić information content (AvgIpc) is 2.51. The van der Waals surface area contributed by atoms with Gasteiger partial charge < -0.3 is 4.74 Å². The largest absolute Gasteiger partial charge is 0.466 e. The van der Waals surface area contributed by atoms with Gasteiger partial charge in [0.2, 0.25) is 0 Å². The Balaban J connectivity index is 1.73. The quantitative estimate of drug-likeness (QED) is 0.376. The van der Waals surface area contributed by atoms with Crippen molar-refractivity contribution in [1.82, 2.24) is 4.90 Å². The molecule has 0 N–H and O–H groups in total. The van der Waals surface area contributed by atoms with Crippen LogP contribution in [0, 0.1) is 0 Å². The minimum Gasteiger partial charge on any atom is -0.466 e. The molecule has 1 aromatic carbocycles. The molecule has 0 amide bonds. The Morgan fingerprint density at radius 2 is 1.83 bits per heavy atom. The fourth-order valence-corrected chi connectivity index (χ4v) is 2.81. The van der Waals surface area contributed by atoms with E-state index in [2.05, 4.69) is 11.0 Å². The van der Waals surface area contributed by atoms with Gasteiger partial charge in [-0.2, -0.15) is 0 Å². The molecule has 0 saturated carbocycles. The minimum atomic E-state index is -0.140. The van der Waals surface area contributed by atoms with Gasteiger partial charge in [-0.15, -0.1) is 0 Å². The van der Waals surface area contributed by atoms with Gasteiger partial charge in [0.1, 0.15) is 0 Å². The van der Waals surface area contributed by atoms with E-state index in [0.717, 1.165) is 50.0 Å².